The molecule has 0 aromatic heterocycles. The molecule has 0 N–H and O–H groups in total. The number of hydrogen-bond acceptors (Lipinski definition) is 6. The number of unbranched alkanes of at least 4 members (excludes halogenated alkanes) is 31. The monoisotopic (exact) mass is 963 g/mol. The number of carbonyl (C=O) groups excluding carboxylic acids is 3. The Morgan fingerprint density at radius 2 is 0.623 bits per heavy atom. The van der Waals surface area contributed by atoms with Gasteiger partial charge in [0.05, 0.1) is 6.42 Å². The Bertz CT molecular complexity index is 1290. The van der Waals surface area contributed by atoms with Crippen molar-refractivity contribution in [1.82, 2.24) is 0 Å². The van der Waals surface area contributed by atoms with E-state index < -0.39 is 12.1 Å². The molecule has 6 nitrogen and oxygen atoms in total. The third kappa shape index (κ3) is 55.6. The van der Waals surface area contributed by atoms with Crippen LogP contribution in [0, 0.1) is 0 Å². The smallest absolute Gasteiger partial charge is 0.309 e. The normalized spacial score (nSPS) is 12.6. The first kappa shape index (κ1) is 65.8. The van der Waals surface area contributed by atoms with Crippen LogP contribution in [0.1, 0.15) is 290 Å². The van der Waals surface area contributed by atoms with E-state index in [1.807, 2.05) is 6.08 Å². The molecule has 6 heteroatoms. The van der Waals surface area contributed by atoms with E-state index in [1.165, 1.54) is 180 Å². The van der Waals surface area contributed by atoms with Crippen molar-refractivity contribution in [2.45, 2.75) is 297 Å². The first-order chi connectivity index (χ1) is 34.0. The largest absolute Gasteiger partial charge is 0.462 e. The molecule has 0 aliphatic carbocycles. The third-order valence-corrected chi connectivity index (χ3v) is 12.7. The number of esters is 3. The fourth-order valence-electron chi connectivity index (χ4n) is 8.34. The van der Waals surface area contributed by atoms with E-state index in [9.17, 15) is 14.4 Å². The Balaban J connectivity index is 4.44. The summed E-state index contributed by atoms with van der Waals surface area (Å²) in [4.78, 5) is 38.1. The lowest BCUT2D eigenvalue weighted by Crippen LogP contribution is -2.30. The van der Waals surface area contributed by atoms with Crippen LogP contribution in [0.5, 0.6) is 0 Å². The van der Waals surface area contributed by atoms with Gasteiger partial charge in [-0.25, -0.2) is 0 Å². The van der Waals surface area contributed by atoms with Crippen LogP contribution in [0.4, 0.5) is 0 Å². The summed E-state index contributed by atoms with van der Waals surface area (Å²) in [5.74, 6) is -1.03. The molecule has 0 aliphatic heterocycles. The molecule has 0 saturated carbocycles. The van der Waals surface area contributed by atoms with E-state index in [0.717, 1.165) is 70.6 Å². The van der Waals surface area contributed by atoms with Crippen molar-refractivity contribution >= 4 is 17.9 Å². The molecule has 0 radical (unpaired) electrons. The topological polar surface area (TPSA) is 78.9 Å². The zero-order chi connectivity index (χ0) is 50.0. The third-order valence-electron chi connectivity index (χ3n) is 12.7. The van der Waals surface area contributed by atoms with Crippen molar-refractivity contribution in [1.29, 1.82) is 0 Å². The van der Waals surface area contributed by atoms with Gasteiger partial charge in [0.1, 0.15) is 13.2 Å². The van der Waals surface area contributed by atoms with Gasteiger partial charge in [-0.1, -0.05) is 273 Å². The number of allylic oxidation sites excluding steroid dienone is 11. The van der Waals surface area contributed by atoms with Crippen molar-refractivity contribution in [2.75, 3.05) is 13.2 Å². The van der Waals surface area contributed by atoms with Crippen LogP contribution in [0.25, 0.3) is 0 Å². The fourth-order valence-corrected chi connectivity index (χ4v) is 8.34. The average molecular weight is 964 g/mol. The van der Waals surface area contributed by atoms with Crippen LogP contribution in [0.15, 0.2) is 72.9 Å². The maximum atomic E-state index is 12.9. The lowest BCUT2D eigenvalue weighted by molar-refractivity contribution is -0.166. The Morgan fingerprint density at radius 3 is 1.00 bits per heavy atom. The van der Waals surface area contributed by atoms with E-state index in [2.05, 4.69) is 81.5 Å². The lowest BCUT2D eigenvalue weighted by Gasteiger charge is -2.18. The number of hydrogen-bond donors (Lipinski definition) is 0. The number of rotatable bonds is 53. The highest BCUT2D eigenvalue weighted by Gasteiger charge is 2.19. The molecule has 0 saturated heterocycles. The molecule has 1 atom stereocenters. The van der Waals surface area contributed by atoms with Crippen LogP contribution in [-0.2, 0) is 28.6 Å². The average Bonchev–Trinajstić information content (AvgIpc) is 3.35. The maximum Gasteiger partial charge on any atom is 0.309 e. The fraction of sp³-hybridized carbons (Fsp3) is 0.762. The van der Waals surface area contributed by atoms with E-state index in [4.69, 9.17) is 14.2 Å². The van der Waals surface area contributed by atoms with Crippen LogP contribution in [-0.4, -0.2) is 37.2 Å². The molecule has 0 heterocycles. The summed E-state index contributed by atoms with van der Waals surface area (Å²) in [7, 11) is 0. The van der Waals surface area contributed by atoms with Gasteiger partial charge in [0.25, 0.3) is 0 Å². The molecule has 0 bridgehead atoms. The van der Waals surface area contributed by atoms with Crippen LogP contribution >= 0.6 is 0 Å². The lowest BCUT2D eigenvalue weighted by atomic mass is 10.0. The minimum atomic E-state index is -0.814. The van der Waals surface area contributed by atoms with E-state index in [-0.39, 0.29) is 31.6 Å². The number of ether oxygens (including phenoxy) is 3. The summed E-state index contributed by atoms with van der Waals surface area (Å²) in [6, 6.07) is 0. The summed E-state index contributed by atoms with van der Waals surface area (Å²) < 4.78 is 16.8. The van der Waals surface area contributed by atoms with Gasteiger partial charge in [-0.3, -0.25) is 14.4 Å². The van der Waals surface area contributed by atoms with Crippen molar-refractivity contribution < 1.29 is 28.6 Å². The van der Waals surface area contributed by atoms with Gasteiger partial charge < -0.3 is 14.2 Å². The molecule has 0 rings (SSSR count). The quantitative estimate of drug-likeness (QED) is 0.0262. The van der Waals surface area contributed by atoms with Crippen LogP contribution in [0.3, 0.4) is 0 Å². The van der Waals surface area contributed by atoms with Gasteiger partial charge in [0, 0.05) is 12.8 Å². The van der Waals surface area contributed by atoms with E-state index in [0.29, 0.717) is 12.8 Å². The van der Waals surface area contributed by atoms with Gasteiger partial charge in [-0.2, -0.15) is 0 Å². The van der Waals surface area contributed by atoms with Gasteiger partial charge in [0.15, 0.2) is 6.10 Å². The van der Waals surface area contributed by atoms with Crippen molar-refractivity contribution in [3.8, 4) is 0 Å². The molecular weight excluding hydrogens is 853 g/mol. The zero-order valence-electron chi connectivity index (χ0n) is 45.6. The highest BCUT2D eigenvalue weighted by Crippen LogP contribution is 2.16. The SMILES string of the molecule is CC/C=C\C/C=C\C/C=C\C/C=C\C/C=C\CC(=O)OCC(COC(=O)CCCCCCCCCCC/C=C\CCCCCCCC)OC(=O)CCCCCCCCCCCCCCCCCCC. The van der Waals surface area contributed by atoms with Crippen molar-refractivity contribution in [2.24, 2.45) is 0 Å². The second-order valence-electron chi connectivity index (χ2n) is 19.5. The molecule has 0 amide bonds. The molecule has 0 aromatic rings. The second kappa shape index (κ2) is 57.4. The summed E-state index contributed by atoms with van der Waals surface area (Å²) in [6.07, 6.45) is 73.5. The van der Waals surface area contributed by atoms with Gasteiger partial charge >= 0.3 is 17.9 Å². The van der Waals surface area contributed by atoms with Gasteiger partial charge in [0.2, 0.25) is 0 Å². The Labute approximate surface area is 427 Å². The Kier molecular flexibility index (Phi) is 54.8. The van der Waals surface area contributed by atoms with Crippen molar-refractivity contribution in [3.05, 3.63) is 72.9 Å². The molecule has 0 fully saturated rings. The highest BCUT2D eigenvalue weighted by molar-refractivity contribution is 5.72. The van der Waals surface area contributed by atoms with E-state index >= 15 is 0 Å². The standard InChI is InChI=1S/C63H110O6/c1-4-7-10-13-16-19-22-25-28-30-31-33-35-38-41-44-47-50-53-56-62(65)68-59-60(58-67-61(64)55-52-49-46-43-40-37-34-27-24-21-18-15-12-9-6-3)69-63(66)57-54-51-48-45-42-39-36-32-29-26-23-20-17-14-11-8-5-2/h9,12,18,21,25,27-28,34,40,43,49,52,60H,4-8,10-11,13-17,19-20,22-24,26,29-33,35-39,41-42,44-48,50-51,53-59H2,1-3H3/b12-9-,21-18-,28-25-,34-27-,43-40-,52-49-. The molecule has 0 aromatic carbocycles. The minimum absolute atomic E-state index is 0.104. The van der Waals surface area contributed by atoms with Gasteiger partial charge in [-0.15, -0.1) is 0 Å². The summed E-state index contributed by atoms with van der Waals surface area (Å²) in [5.41, 5.74) is 0. The van der Waals surface area contributed by atoms with E-state index in [1.54, 1.807) is 6.08 Å². The molecule has 398 valence electrons. The molecule has 0 aliphatic rings. The highest BCUT2D eigenvalue weighted by atomic mass is 16.6. The Hall–Kier alpha value is -3.15. The molecular formula is C63H110O6. The summed E-state index contributed by atoms with van der Waals surface area (Å²) in [5, 5.41) is 0. The van der Waals surface area contributed by atoms with Crippen LogP contribution in [0.2, 0.25) is 0 Å². The molecule has 69 heavy (non-hydrogen) atoms. The first-order valence-electron chi connectivity index (χ1n) is 29.4. The Morgan fingerprint density at radius 1 is 0.319 bits per heavy atom. The predicted octanol–water partition coefficient (Wildman–Crippen LogP) is 19.8. The first-order valence-corrected chi connectivity index (χ1v) is 29.4. The zero-order valence-corrected chi connectivity index (χ0v) is 45.6. The summed E-state index contributed by atoms with van der Waals surface area (Å²) >= 11 is 0. The maximum absolute atomic E-state index is 12.9. The van der Waals surface area contributed by atoms with Gasteiger partial charge in [-0.05, 0) is 70.6 Å². The van der Waals surface area contributed by atoms with Crippen LogP contribution < -0.4 is 0 Å². The summed E-state index contributed by atoms with van der Waals surface area (Å²) in [6.45, 7) is 6.46. The van der Waals surface area contributed by atoms with Crippen molar-refractivity contribution in [3.63, 3.8) is 0 Å². The second-order valence-corrected chi connectivity index (χ2v) is 19.5. The number of carbonyl (C=O) groups is 3. The predicted molar refractivity (Wildman–Crippen MR) is 298 cm³/mol. The minimum Gasteiger partial charge on any atom is -0.462 e. The molecule has 0 spiro atoms. The molecule has 1 unspecified atom stereocenters.